The van der Waals surface area contributed by atoms with Crippen LogP contribution in [0.2, 0.25) is 0 Å². The number of likely N-dealkylation sites (N-methyl/N-ethyl adjacent to an activating group) is 1. The van der Waals surface area contributed by atoms with E-state index in [1.54, 1.807) is 6.26 Å². The standard InChI is InChI=1S/C19H30F3N5O2/c1-3-23-18(25-13-17(28)26(2)14-19(20,21)22)24-12-15(16-8-7-11-29-16)27-9-5-4-6-10-27/h7-8,11,15H,3-6,9-10,12-14H2,1-2H3,(H2,23,24,25). The number of furan rings is 1. The zero-order valence-corrected chi connectivity index (χ0v) is 17.0. The first-order valence-corrected chi connectivity index (χ1v) is 9.90. The first-order chi connectivity index (χ1) is 13.8. The fourth-order valence-corrected chi connectivity index (χ4v) is 3.28. The Bertz CT molecular complexity index is 643. The molecular weight excluding hydrogens is 387 g/mol. The normalized spacial score (nSPS) is 17.1. The molecule has 2 N–H and O–H groups in total. The first kappa shape index (κ1) is 23.1. The summed E-state index contributed by atoms with van der Waals surface area (Å²) in [4.78, 5) is 19.1. The van der Waals surface area contributed by atoms with E-state index in [1.807, 2.05) is 19.1 Å². The number of carbonyl (C=O) groups is 1. The average Bonchev–Trinajstić information content (AvgIpc) is 3.20. The summed E-state index contributed by atoms with van der Waals surface area (Å²) in [7, 11) is 1.12. The lowest BCUT2D eigenvalue weighted by atomic mass is 10.1. The van der Waals surface area contributed by atoms with E-state index in [4.69, 9.17) is 4.42 Å². The summed E-state index contributed by atoms with van der Waals surface area (Å²) in [6, 6.07) is 3.79. The van der Waals surface area contributed by atoms with Gasteiger partial charge < -0.3 is 20.0 Å². The van der Waals surface area contributed by atoms with Crippen molar-refractivity contribution in [3.05, 3.63) is 24.2 Å². The number of hydrogen-bond acceptors (Lipinski definition) is 4. The molecule has 0 aliphatic carbocycles. The fraction of sp³-hybridized carbons (Fsp3) is 0.684. The minimum Gasteiger partial charge on any atom is -0.468 e. The van der Waals surface area contributed by atoms with Crippen LogP contribution in [0.1, 0.15) is 38.0 Å². The molecule has 0 spiro atoms. The van der Waals surface area contributed by atoms with Gasteiger partial charge in [-0.2, -0.15) is 13.2 Å². The molecule has 1 aliphatic rings. The molecule has 1 atom stereocenters. The highest BCUT2D eigenvalue weighted by Crippen LogP contribution is 2.24. The quantitative estimate of drug-likeness (QED) is 0.502. The summed E-state index contributed by atoms with van der Waals surface area (Å²) < 4.78 is 42.9. The van der Waals surface area contributed by atoms with Crippen LogP contribution in [-0.2, 0) is 4.79 Å². The van der Waals surface area contributed by atoms with Gasteiger partial charge in [0, 0.05) is 20.1 Å². The summed E-state index contributed by atoms with van der Waals surface area (Å²) in [6.45, 7) is 3.24. The Kier molecular flexibility index (Phi) is 8.81. The summed E-state index contributed by atoms with van der Waals surface area (Å²) >= 11 is 0. The van der Waals surface area contributed by atoms with E-state index in [2.05, 4.69) is 20.5 Å². The minimum atomic E-state index is -4.43. The number of nitrogens with zero attached hydrogens (tertiary/aromatic N) is 3. The predicted molar refractivity (Wildman–Crippen MR) is 105 cm³/mol. The molecule has 1 aromatic rings. The number of carbonyl (C=O) groups excluding carboxylic acids is 1. The van der Waals surface area contributed by atoms with Crippen molar-refractivity contribution in [1.29, 1.82) is 0 Å². The van der Waals surface area contributed by atoms with Gasteiger partial charge in [0.1, 0.15) is 18.8 Å². The Morgan fingerprint density at radius 3 is 2.62 bits per heavy atom. The van der Waals surface area contributed by atoms with E-state index in [-0.39, 0.29) is 12.6 Å². The molecule has 1 unspecified atom stereocenters. The van der Waals surface area contributed by atoms with Gasteiger partial charge in [-0.05, 0) is 45.0 Å². The van der Waals surface area contributed by atoms with E-state index in [0.29, 0.717) is 23.9 Å². The Hall–Kier alpha value is -2.23. The lowest BCUT2D eigenvalue weighted by molar-refractivity contribution is -0.157. The van der Waals surface area contributed by atoms with Gasteiger partial charge in [-0.15, -0.1) is 0 Å². The van der Waals surface area contributed by atoms with Crippen molar-refractivity contribution < 1.29 is 22.4 Å². The van der Waals surface area contributed by atoms with Crippen LogP contribution in [0.4, 0.5) is 13.2 Å². The lowest BCUT2D eigenvalue weighted by Gasteiger charge is -2.33. The SMILES string of the molecule is CCNC(=NCC(=O)N(C)CC(F)(F)F)NCC(c1ccco1)N1CCCCC1. The second-order valence-corrected chi connectivity index (χ2v) is 7.07. The number of likely N-dealkylation sites (tertiary alicyclic amines) is 1. The third kappa shape index (κ3) is 7.96. The van der Waals surface area contributed by atoms with Crippen LogP contribution in [0.5, 0.6) is 0 Å². The fourth-order valence-electron chi connectivity index (χ4n) is 3.28. The van der Waals surface area contributed by atoms with Gasteiger partial charge in [-0.25, -0.2) is 4.99 Å². The summed E-state index contributed by atoms with van der Waals surface area (Å²) in [5.41, 5.74) is 0. The molecule has 1 fully saturated rings. The van der Waals surface area contributed by atoms with Crippen molar-refractivity contribution in [1.82, 2.24) is 20.4 Å². The largest absolute Gasteiger partial charge is 0.468 e. The Labute approximate surface area is 169 Å². The zero-order valence-electron chi connectivity index (χ0n) is 17.0. The van der Waals surface area contributed by atoms with Gasteiger partial charge in [-0.1, -0.05) is 6.42 Å². The monoisotopic (exact) mass is 417 g/mol. The van der Waals surface area contributed by atoms with Gasteiger partial charge in [0.2, 0.25) is 5.91 Å². The maximum atomic E-state index is 12.4. The molecule has 1 aromatic heterocycles. The van der Waals surface area contributed by atoms with E-state index < -0.39 is 18.6 Å². The zero-order chi connectivity index (χ0) is 21.3. The number of nitrogens with one attached hydrogen (secondary N) is 2. The minimum absolute atomic E-state index is 0.0118. The van der Waals surface area contributed by atoms with Crippen LogP contribution in [0.15, 0.2) is 27.8 Å². The van der Waals surface area contributed by atoms with Crippen molar-refractivity contribution in [2.45, 2.75) is 38.4 Å². The van der Waals surface area contributed by atoms with Gasteiger partial charge >= 0.3 is 6.18 Å². The highest BCUT2D eigenvalue weighted by molar-refractivity contribution is 5.84. The van der Waals surface area contributed by atoms with Crippen LogP contribution in [-0.4, -0.2) is 74.2 Å². The van der Waals surface area contributed by atoms with Crippen molar-refractivity contribution in [3.8, 4) is 0 Å². The van der Waals surface area contributed by atoms with Gasteiger partial charge in [0.05, 0.1) is 12.3 Å². The highest BCUT2D eigenvalue weighted by atomic mass is 19.4. The molecule has 0 aromatic carbocycles. The van der Waals surface area contributed by atoms with Crippen LogP contribution in [0.25, 0.3) is 0 Å². The first-order valence-electron chi connectivity index (χ1n) is 9.90. The number of halogens is 3. The van der Waals surface area contributed by atoms with E-state index in [1.165, 1.54) is 6.42 Å². The van der Waals surface area contributed by atoms with Crippen molar-refractivity contribution in [2.24, 2.45) is 4.99 Å². The van der Waals surface area contributed by atoms with E-state index in [0.717, 1.165) is 38.7 Å². The van der Waals surface area contributed by atoms with Gasteiger partial charge in [0.15, 0.2) is 5.96 Å². The third-order valence-corrected chi connectivity index (χ3v) is 4.72. The lowest BCUT2D eigenvalue weighted by Crippen LogP contribution is -2.45. The molecule has 7 nitrogen and oxygen atoms in total. The number of rotatable bonds is 8. The number of aliphatic imine (C=N–C) groups is 1. The summed E-state index contributed by atoms with van der Waals surface area (Å²) in [5.74, 6) is 0.532. The number of piperidine rings is 1. The molecule has 0 bridgehead atoms. The van der Waals surface area contributed by atoms with Gasteiger partial charge in [-0.3, -0.25) is 9.69 Å². The molecular formula is C19H30F3N5O2. The Morgan fingerprint density at radius 1 is 1.31 bits per heavy atom. The van der Waals surface area contributed by atoms with Crippen molar-refractivity contribution >= 4 is 11.9 Å². The summed E-state index contributed by atoms with van der Waals surface area (Å²) in [6.07, 6.45) is 0.686. The number of alkyl halides is 3. The topological polar surface area (TPSA) is 73.1 Å². The molecule has 2 heterocycles. The molecule has 1 aliphatic heterocycles. The van der Waals surface area contributed by atoms with E-state index in [9.17, 15) is 18.0 Å². The molecule has 164 valence electrons. The highest BCUT2D eigenvalue weighted by Gasteiger charge is 2.31. The van der Waals surface area contributed by atoms with Crippen LogP contribution >= 0.6 is 0 Å². The Balaban J connectivity index is 1.98. The van der Waals surface area contributed by atoms with E-state index >= 15 is 0 Å². The van der Waals surface area contributed by atoms with Crippen LogP contribution in [0.3, 0.4) is 0 Å². The summed E-state index contributed by atoms with van der Waals surface area (Å²) in [5, 5.41) is 6.22. The van der Waals surface area contributed by atoms with Crippen molar-refractivity contribution in [3.63, 3.8) is 0 Å². The van der Waals surface area contributed by atoms with Crippen LogP contribution in [0, 0.1) is 0 Å². The predicted octanol–water partition coefficient (Wildman–Crippen LogP) is 2.38. The Morgan fingerprint density at radius 2 is 2.03 bits per heavy atom. The third-order valence-electron chi connectivity index (χ3n) is 4.72. The van der Waals surface area contributed by atoms with Crippen LogP contribution < -0.4 is 10.6 Å². The second-order valence-electron chi connectivity index (χ2n) is 7.07. The number of guanidine groups is 1. The number of hydrogen-bond donors (Lipinski definition) is 2. The molecule has 1 amide bonds. The maximum absolute atomic E-state index is 12.4. The smallest absolute Gasteiger partial charge is 0.406 e. The van der Waals surface area contributed by atoms with Gasteiger partial charge in [0.25, 0.3) is 0 Å². The molecule has 2 rings (SSSR count). The average molecular weight is 417 g/mol. The molecule has 29 heavy (non-hydrogen) atoms. The van der Waals surface area contributed by atoms with Crippen molar-refractivity contribution in [2.75, 3.05) is 46.3 Å². The second kappa shape index (κ2) is 11.1. The molecule has 10 heteroatoms. The maximum Gasteiger partial charge on any atom is 0.406 e. The molecule has 0 radical (unpaired) electrons. The number of amides is 1. The molecule has 1 saturated heterocycles. The molecule has 0 saturated carbocycles.